The van der Waals surface area contributed by atoms with E-state index in [0.717, 1.165) is 43.4 Å². The van der Waals surface area contributed by atoms with Crippen molar-refractivity contribution < 1.29 is 42.3 Å². The van der Waals surface area contributed by atoms with Crippen LogP contribution >= 0.6 is 0 Å². The summed E-state index contributed by atoms with van der Waals surface area (Å²) in [5, 5.41) is 0. The predicted molar refractivity (Wildman–Crippen MR) is 194 cm³/mol. The minimum Gasteiger partial charge on any atom is -0.171 e. The van der Waals surface area contributed by atoms with Gasteiger partial charge in [0.15, 0.2) is 0 Å². The average molecular weight is 743 g/mol. The van der Waals surface area contributed by atoms with Crippen LogP contribution in [0.1, 0.15) is 171 Å². The SMILES string of the molecule is C.CC1CC(C(F)(F)F)C[C@@H](C)C1.CC1CC(C)C(C(F)(F)F)C1.CC1CCC(C)C1C.CC1CCCC(C(F)(F)F)[C@@H]1C.[2H]C([2H])(C)C(C)(C)C. The van der Waals surface area contributed by atoms with Gasteiger partial charge in [-0.1, -0.05) is 129 Å². The van der Waals surface area contributed by atoms with Crippen LogP contribution in [0.4, 0.5) is 39.5 Å². The predicted octanol–water partition coefficient (Wildman–Crippen LogP) is 16.2. The van der Waals surface area contributed by atoms with Crippen LogP contribution in [-0.2, 0) is 0 Å². The van der Waals surface area contributed by atoms with Crippen LogP contribution in [0.15, 0.2) is 0 Å². The van der Waals surface area contributed by atoms with E-state index in [1.54, 1.807) is 20.8 Å². The first-order valence-electron chi connectivity index (χ1n) is 19.9. The maximum Gasteiger partial charge on any atom is 0.392 e. The van der Waals surface area contributed by atoms with Gasteiger partial charge in [0.25, 0.3) is 0 Å². The summed E-state index contributed by atoms with van der Waals surface area (Å²) in [5.74, 6) is 0.395. The van der Waals surface area contributed by atoms with Crippen LogP contribution in [0.5, 0.6) is 0 Å². The van der Waals surface area contributed by atoms with Crippen molar-refractivity contribution in [2.24, 2.45) is 76.4 Å². The Morgan fingerprint density at radius 3 is 1.10 bits per heavy atom. The van der Waals surface area contributed by atoms with Crippen LogP contribution in [0.2, 0.25) is 0 Å². The van der Waals surface area contributed by atoms with Crippen LogP contribution < -0.4 is 0 Å². The van der Waals surface area contributed by atoms with Crippen molar-refractivity contribution in [2.45, 2.75) is 187 Å². The highest BCUT2D eigenvalue weighted by Gasteiger charge is 2.47. The van der Waals surface area contributed by atoms with Crippen LogP contribution in [-0.4, -0.2) is 18.5 Å². The molecule has 0 bridgehead atoms. The molecular weight excluding hydrogens is 663 g/mol. The van der Waals surface area contributed by atoms with Crippen LogP contribution in [0.3, 0.4) is 0 Å². The van der Waals surface area contributed by atoms with E-state index in [9.17, 15) is 39.5 Å². The standard InChI is InChI=1S/2C9H15F3.C8H13F3.C8H16.C6H14.CH4/c1-6-3-7(2)5-8(4-6)9(10,11)12;1-6-4-3-5-8(7(6)2)9(10,11)12;1-5-3-6(2)7(4-5)8(9,10)11;1-6-4-5-7(2)8(6)3;1-5-6(2,3)4;/h2*6-8H,3-5H2,1-2H3;5-7H,3-4H2,1-2H3;6-8H,4-5H2,1-3H3;5H2,1-4H3;1H4/t6-,7?,8?;6?,7-,8?;;;;/m01..../s1/i;;;;5D2;. The molecule has 4 fully saturated rings. The Morgan fingerprint density at radius 2 is 0.860 bits per heavy atom. The molecule has 4 rings (SSSR count). The second kappa shape index (κ2) is 21.9. The molecule has 11 atom stereocenters. The maximum absolute atomic E-state index is 12.4. The lowest BCUT2D eigenvalue weighted by molar-refractivity contribution is -0.199. The Hall–Kier alpha value is -0.630. The first kappa shape index (κ1) is 47.4. The van der Waals surface area contributed by atoms with Crippen LogP contribution in [0, 0.1) is 76.4 Å². The normalized spacial score (nSPS) is 37.0. The highest BCUT2D eigenvalue weighted by Crippen LogP contribution is 2.46. The molecule has 0 aromatic rings. The fourth-order valence-corrected chi connectivity index (χ4v) is 7.89. The summed E-state index contributed by atoms with van der Waals surface area (Å²) >= 11 is 0. The van der Waals surface area contributed by atoms with Gasteiger partial charge in [0, 0.05) is 2.74 Å². The highest BCUT2D eigenvalue weighted by molar-refractivity contribution is 4.84. The third-order valence-corrected chi connectivity index (χ3v) is 11.9. The molecular formula is C41H77F9. The molecule has 0 aromatic carbocycles. The first-order chi connectivity index (χ1) is 22.7. The highest BCUT2D eigenvalue weighted by atomic mass is 19.4. The molecule has 0 radical (unpaired) electrons. The minimum atomic E-state index is -3.98. The summed E-state index contributed by atoms with van der Waals surface area (Å²) in [4.78, 5) is 0. The van der Waals surface area contributed by atoms with Gasteiger partial charge in [-0.2, -0.15) is 39.5 Å². The number of hydrogen-bond acceptors (Lipinski definition) is 0. The van der Waals surface area contributed by atoms with Gasteiger partial charge in [-0.3, -0.25) is 0 Å². The summed E-state index contributed by atoms with van der Waals surface area (Å²) < 4.78 is 125. The zero-order valence-electron chi connectivity index (χ0n) is 34.9. The van der Waals surface area contributed by atoms with Crippen molar-refractivity contribution in [1.29, 1.82) is 0 Å². The molecule has 0 heterocycles. The zero-order valence-corrected chi connectivity index (χ0v) is 32.9. The second-order valence-electron chi connectivity index (χ2n) is 17.7. The van der Waals surface area contributed by atoms with Gasteiger partial charge in [-0.25, -0.2) is 0 Å². The van der Waals surface area contributed by atoms with Crippen molar-refractivity contribution in [3.05, 3.63) is 0 Å². The molecule has 0 nitrogen and oxygen atoms in total. The van der Waals surface area contributed by atoms with E-state index >= 15 is 0 Å². The van der Waals surface area contributed by atoms with E-state index < -0.39 is 42.7 Å². The quantitative estimate of drug-likeness (QED) is 0.217. The monoisotopic (exact) mass is 743 g/mol. The molecule has 9 unspecified atom stereocenters. The van der Waals surface area contributed by atoms with E-state index in [1.165, 1.54) is 12.8 Å². The minimum absolute atomic E-state index is 0. The Bertz CT molecular complexity index is 916. The van der Waals surface area contributed by atoms with Crippen molar-refractivity contribution >= 4 is 0 Å². The van der Waals surface area contributed by atoms with Gasteiger partial charge in [0.2, 0.25) is 0 Å². The molecule has 304 valence electrons. The molecule has 0 spiro atoms. The van der Waals surface area contributed by atoms with E-state index in [4.69, 9.17) is 2.74 Å². The molecule has 50 heavy (non-hydrogen) atoms. The Morgan fingerprint density at radius 1 is 0.480 bits per heavy atom. The third kappa shape index (κ3) is 20.0. The van der Waals surface area contributed by atoms with E-state index in [1.807, 2.05) is 48.5 Å². The van der Waals surface area contributed by atoms with Crippen molar-refractivity contribution in [3.8, 4) is 0 Å². The molecule has 4 aliphatic rings. The van der Waals surface area contributed by atoms with Crippen molar-refractivity contribution in [2.75, 3.05) is 0 Å². The number of halogens is 9. The van der Waals surface area contributed by atoms with Crippen molar-refractivity contribution in [1.82, 2.24) is 0 Å². The number of rotatable bonds is 0. The third-order valence-electron chi connectivity index (χ3n) is 11.9. The first-order valence-corrected chi connectivity index (χ1v) is 18.9. The molecule has 0 saturated heterocycles. The molecule has 4 saturated carbocycles. The van der Waals surface area contributed by atoms with Gasteiger partial charge in [0.1, 0.15) is 0 Å². The fraction of sp³-hybridized carbons (Fsp3) is 1.00. The van der Waals surface area contributed by atoms with Gasteiger partial charge < -0.3 is 0 Å². The Labute approximate surface area is 305 Å². The fourth-order valence-electron chi connectivity index (χ4n) is 7.89. The molecule has 0 aliphatic heterocycles. The molecule has 0 aromatic heterocycles. The van der Waals surface area contributed by atoms with E-state index in [-0.39, 0.29) is 48.3 Å². The lowest BCUT2D eigenvalue weighted by atomic mass is 9.73. The summed E-state index contributed by atoms with van der Waals surface area (Å²) in [6.07, 6.45) is -5.39. The Kier molecular flexibility index (Phi) is 20.8. The smallest absolute Gasteiger partial charge is 0.171 e. The number of hydrogen-bond donors (Lipinski definition) is 0. The van der Waals surface area contributed by atoms with E-state index in [0.29, 0.717) is 25.7 Å². The van der Waals surface area contributed by atoms with Gasteiger partial charge in [-0.15, -0.1) is 0 Å². The largest absolute Gasteiger partial charge is 0.392 e. The molecule has 4 aliphatic carbocycles. The van der Waals surface area contributed by atoms with Crippen LogP contribution in [0.25, 0.3) is 0 Å². The van der Waals surface area contributed by atoms with E-state index in [2.05, 4.69) is 20.8 Å². The Balaban J connectivity index is 0. The average Bonchev–Trinajstić information content (AvgIpc) is 3.43. The van der Waals surface area contributed by atoms with Gasteiger partial charge >= 0.3 is 18.5 Å². The zero-order chi connectivity index (χ0) is 40.5. The summed E-state index contributed by atoms with van der Waals surface area (Å²) in [7, 11) is 0. The van der Waals surface area contributed by atoms with Crippen molar-refractivity contribution in [3.63, 3.8) is 0 Å². The lowest BCUT2D eigenvalue weighted by Crippen LogP contribution is -2.35. The summed E-state index contributed by atoms with van der Waals surface area (Å²) in [6.45, 7) is 25.5. The van der Waals surface area contributed by atoms with Gasteiger partial charge in [-0.05, 0) is 97.2 Å². The maximum atomic E-state index is 12.4. The molecule has 0 amide bonds. The molecule has 0 N–H and O–H groups in total. The summed E-state index contributed by atoms with van der Waals surface area (Å²) in [6, 6.07) is 0. The second-order valence-corrected chi connectivity index (χ2v) is 17.7. The molecule has 9 heteroatoms. The number of alkyl halides is 9. The summed E-state index contributed by atoms with van der Waals surface area (Å²) in [5.41, 5.74) is -0.229. The van der Waals surface area contributed by atoms with Gasteiger partial charge in [0.05, 0.1) is 17.8 Å². The topological polar surface area (TPSA) is 0 Å². The lowest BCUT2D eigenvalue weighted by Gasteiger charge is -2.35.